The molecule has 6 heteroatoms. The molecule has 0 saturated carbocycles. The summed E-state index contributed by atoms with van der Waals surface area (Å²) in [6.45, 7) is 4.52. The highest BCUT2D eigenvalue weighted by molar-refractivity contribution is 5.95. The molecular weight excluding hydrogens is 359 g/mol. The van der Waals surface area contributed by atoms with Gasteiger partial charge in [-0.25, -0.2) is 4.39 Å². The number of rotatable bonds is 8. The summed E-state index contributed by atoms with van der Waals surface area (Å²) >= 11 is 0. The van der Waals surface area contributed by atoms with Gasteiger partial charge in [0.1, 0.15) is 0 Å². The van der Waals surface area contributed by atoms with E-state index in [1.54, 1.807) is 31.4 Å². The number of ether oxygens (including phenoxy) is 1. The van der Waals surface area contributed by atoms with Crippen LogP contribution in [0, 0.1) is 11.7 Å². The Morgan fingerprint density at radius 2 is 2.11 bits per heavy atom. The summed E-state index contributed by atoms with van der Waals surface area (Å²) in [4.78, 5) is 15.0. The second-order valence-corrected chi connectivity index (χ2v) is 7.26. The Balaban J connectivity index is 1.54. The number of halogens is 1. The highest BCUT2D eigenvalue weighted by Gasteiger charge is 2.22. The molecule has 3 rings (SSSR count). The summed E-state index contributed by atoms with van der Waals surface area (Å²) in [6.07, 6.45) is 2.11. The lowest BCUT2D eigenvalue weighted by atomic mass is 10.0. The van der Waals surface area contributed by atoms with E-state index in [2.05, 4.69) is 10.2 Å². The third kappa shape index (κ3) is 5.30. The average Bonchev–Trinajstić information content (AvgIpc) is 3.16. The Kier molecular flexibility index (Phi) is 7.01. The minimum atomic E-state index is -0.677. The first-order chi connectivity index (χ1) is 13.6. The number of phenols is 1. The molecule has 150 valence electrons. The molecular formula is C22H27FN2O3. The van der Waals surface area contributed by atoms with Crippen molar-refractivity contribution in [2.45, 2.75) is 12.8 Å². The Labute approximate surface area is 165 Å². The van der Waals surface area contributed by atoms with Crippen LogP contribution in [0.3, 0.4) is 0 Å². The Bertz CT molecular complexity index is 812. The summed E-state index contributed by atoms with van der Waals surface area (Å²) in [6, 6.07) is 11.3. The zero-order valence-electron chi connectivity index (χ0n) is 16.2. The summed E-state index contributed by atoms with van der Waals surface area (Å²) in [7, 11) is 1.72. The fourth-order valence-corrected chi connectivity index (χ4v) is 3.58. The van der Waals surface area contributed by atoms with E-state index in [0.717, 1.165) is 44.6 Å². The van der Waals surface area contributed by atoms with Gasteiger partial charge < -0.3 is 20.1 Å². The summed E-state index contributed by atoms with van der Waals surface area (Å²) in [5.74, 6) is -0.728. The lowest BCUT2D eigenvalue weighted by molar-refractivity contribution is 0.0947. The largest absolute Gasteiger partial charge is 0.505 e. The van der Waals surface area contributed by atoms with Crippen LogP contribution in [0.2, 0.25) is 0 Å². The van der Waals surface area contributed by atoms with Crippen molar-refractivity contribution < 1.29 is 19.0 Å². The predicted octanol–water partition coefficient (Wildman–Crippen LogP) is 3.29. The zero-order chi connectivity index (χ0) is 19.9. The highest BCUT2D eigenvalue weighted by Crippen LogP contribution is 2.25. The van der Waals surface area contributed by atoms with Gasteiger partial charge in [0.15, 0.2) is 11.6 Å². The minimum absolute atomic E-state index is 0.126. The van der Waals surface area contributed by atoms with Crippen LogP contribution < -0.4 is 5.32 Å². The molecule has 1 fully saturated rings. The first-order valence-corrected chi connectivity index (χ1v) is 9.65. The van der Waals surface area contributed by atoms with Gasteiger partial charge in [0.05, 0.1) is 0 Å². The third-order valence-electron chi connectivity index (χ3n) is 5.15. The van der Waals surface area contributed by atoms with Crippen molar-refractivity contribution in [3.8, 4) is 16.9 Å². The van der Waals surface area contributed by atoms with Crippen LogP contribution in [0.4, 0.5) is 4.39 Å². The van der Waals surface area contributed by atoms with Gasteiger partial charge >= 0.3 is 0 Å². The van der Waals surface area contributed by atoms with E-state index in [9.17, 15) is 14.3 Å². The Morgan fingerprint density at radius 1 is 1.29 bits per heavy atom. The van der Waals surface area contributed by atoms with Crippen molar-refractivity contribution in [2.75, 3.05) is 39.9 Å². The quantitative estimate of drug-likeness (QED) is 0.684. The number of likely N-dealkylation sites (tertiary alicyclic amines) is 1. The molecule has 2 aromatic carbocycles. The van der Waals surface area contributed by atoms with Crippen molar-refractivity contribution in [3.63, 3.8) is 0 Å². The number of nitrogens with one attached hydrogen (secondary N) is 1. The third-order valence-corrected chi connectivity index (χ3v) is 5.15. The van der Waals surface area contributed by atoms with E-state index in [-0.39, 0.29) is 11.7 Å². The van der Waals surface area contributed by atoms with Gasteiger partial charge in [0.2, 0.25) is 0 Å². The number of carbonyl (C=O) groups excluding carboxylic acids is 1. The number of phenolic OH excluding ortho intramolecular Hbond substituents is 1. The van der Waals surface area contributed by atoms with Gasteiger partial charge in [0, 0.05) is 38.9 Å². The maximum atomic E-state index is 13.6. The van der Waals surface area contributed by atoms with Crippen molar-refractivity contribution in [1.29, 1.82) is 0 Å². The molecule has 2 N–H and O–H groups in total. The molecule has 1 atom stereocenters. The molecule has 1 amide bonds. The van der Waals surface area contributed by atoms with Gasteiger partial charge in [0.25, 0.3) is 5.91 Å². The number of hydrogen-bond donors (Lipinski definition) is 2. The van der Waals surface area contributed by atoms with Crippen LogP contribution in [0.5, 0.6) is 5.75 Å². The smallest absolute Gasteiger partial charge is 0.251 e. The maximum Gasteiger partial charge on any atom is 0.251 e. The van der Waals surface area contributed by atoms with Gasteiger partial charge in [-0.2, -0.15) is 0 Å². The molecule has 1 aliphatic heterocycles. The average molecular weight is 386 g/mol. The summed E-state index contributed by atoms with van der Waals surface area (Å²) in [5, 5.41) is 12.4. The van der Waals surface area contributed by atoms with E-state index < -0.39 is 5.82 Å². The second kappa shape index (κ2) is 9.66. The number of hydrogen-bond acceptors (Lipinski definition) is 4. The van der Waals surface area contributed by atoms with Crippen LogP contribution in [-0.4, -0.2) is 55.8 Å². The van der Waals surface area contributed by atoms with Crippen LogP contribution in [-0.2, 0) is 4.74 Å². The molecule has 0 radical (unpaired) electrons. The number of methoxy groups -OCH3 is 1. The molecule has 5 nitrogen and oxygen atoms in total. The van der Waals surface area contributed by atoms with Crippen molar-refractivity contribution in [3.05, 3.63) is 53.8 Å². The minimum Gasteiger partial charge on any atom is -0.505 e. The van der Waals surface area contributed by atoms with E-state index in [1.165, 1.54) is 12.1 Å². The first kappa shape index (κ1) is 20.3. The summed E-state index contributed by atoms with van der Waals surface area (Å²) < 4.78 is 18.7. The molecule has 0 aromatic heterocycles. The molecule has 28 heavy (non-hydrogen) atoms. The van der Waals surface area contributed by atoms with E-state index >= 15 is 0 Å². The Hall–Kier alpha value is -2.44. The van der Waals surface area contributed by atoms with E-state index in [4.69, 9.17) is 4.74 Å². The van der Waals surface area contributed by atoms with Crippen molar-refractivity contribution in [1.82, 2.24) is 10.2 Å². The number of aromatic hydroxyl groups is 1. The normalized spacial score (nSPS) is 17.0. The molecule has 0 aliphatic carbocycles. The van der Waals surface area contributed by atoms with Crippen LogP contribution >= 0.6 is 0 Å². The number of nitrogens with zero attached hydrogens (tertiary/aromatic N) is 1. The zero-order valence-corrected chi connectivity index (χ0v) is 16.2. The number of amides is 1. The monoisotopic (exact) mass is 386 g/mol. The maximum absolute atomic E-state index is 13.6. The van der Waals surface area contributed by atoms with Crippen LogP contribution in [0.15, 0.2) is 42.5 Å². The Morgan fingerprint density at radius 3 is 2.89 bits per heavy atom. The molecule has 0 bridgehead atoms. The second-order valence-electron chi connectivity index (χ2n) is 7.26. The standard InChI is InChI=1S/C22H27FN2O3/c1-28-11-3-9-25-10-8-16(15-25)14-24-22(27)19-5-2-4-17(12-19)18-6-7-21(26)20(23)13-18/h2,4-7,12-13,16,26H,3,8-11,14-15H2,1H3,(H,24,27)/t16-/m0/s1. The van der Waals surface area contributed by atoms with Crippen molar-refractivity contribution >= 4 is 5.91 Å². The predicted molar refractivity (Wildman–Crippen MR) is 107 cm³/mol. The van der Waals surface area contributed by atoms with Gasteiger partial charge in [-0.15, -0.1) is 0 Å². The van der Waals surface area contributed by atoms with Gasteiger partial charge in [-0.1, -0.05) is 18.2 Å². The molecule has 1 aliphatic rings. The lowest BCUT2D eigenvalue weighted by Crippen LogP contribution is -2.31. The fraction of sp³-hybridized carbons (Fsp3) is 0.409. The van der Waals surface area contributed by atoms with Crippen LogP contribution in [0.1, 0.15) is 23.2 Å². The first-order valence-electron chi connectivity index (χ1n) is 9.65. The number of benzene rings is 2. The molecule has 1 heterocycles. The topological polar surface area (TPSA) is 61.8 Å². The molecule has 2 aromatic rings. The SMILES string of the molecule is COCCCN1CC[C@@H](CNC(=O)c2cccc(-c3ccc(O)c(F)c3)c2)C1. The number of carbonyl (C=O) groups is 1. The summed E-state index contributed by atoms with van der Waals surface area (Å²) in [5.41, 5.74) is 1.89. The van der Waals surface area contributed by atoms with Gasteiger partial charge in [-0.05, 0) is 60.7 Å². The fourth-order valence-electron chi connectivity index (χ4n) is 3.58. The van der Waals surface area contributed by atoms with Crippen LogP contribution in [0.25, 0.3) is 11.1 Å². The molecule has 0 spiro atoms. The van der Waals surface area contributed by atoms with E-state index in [0.29, 0.717) is 23.6 Å². The van der Waals surface area contributed by atoms with Gasteiger partial charge in [-0.3, -0.25) is 4.79 Å². The van der Waals surface area contributed by atoms with Crippen molar-refractivity contribution in [2.24, 2.45) is 5.92 Å². The highest BCUT2D eigenvalue weighted by atomic mass is 19.1. The molecule has 0 unspecified atom stereocenters. The molecule has 1 saturated heterocycles. The van der Waals surface area contributed by atoms with E-state index in [1.807, 2.05) is 6.07 Å². The lowest BCUT2D eigenvalue weighted by Gasteiger charge is -2.16.